The number of para-hydroxylation sites is 2. The van der Waals surface area contributed by atoms with Crippen LogP contribution in [0.4, 0.5) is 5.69 Å². The van der Waals surface area contributed by atoms with E-state index >= 15 is 0 Å². The Bertz CT molecular complexity index is 788. The molecular weight excluding hydrogens is 352 g/mol. The van der Waals surface area contributed by atoms with Crippen LogP contribution in [0, 0.1) is 0 Å². The number of hydrogen-bond acceptors (Lipinski definition) is 5. The summed E-state index contributed by atoms with van der Waals surface area (Å²) < 4.78 is 5.49. The molecule has 1 unspecified atom stereocenters. The van der Waals surface area contributed by atoms with Gasteiger partial charge in [-0.3, -0.25) is 9.69 Å². The lowest BCUT2D eigenvalue weighted by atomic mass is 9.99. The summed E-state index contributed by atoms with van der Waals surface area (Å²) in [6, 6.07) is 15.6. The van der Waals surface area contributed by atoms with E-state index in [2.05, 4.69) is 21.2 Å². The molecule has 0 bridgehead atoms. The van der Waals surface area contributed by atoms with Gasteiger partial charge in [0.25, 0.3) is 5.91 Å². The van der Waals surface area contributed by atoms with Gasteiger partial charge in [-0.15, -0.1) is 0 Å². The summed E-state index contributed by atoms with van der Waals surface area (Å²) in [6.07, 6.45) is 0. The second-order valence-electron chi connectivity index (χ2n) is 7.01. The lowest BCUT2D eigenvalue weighted by Crippen LogP contribution is -2.48. The van der Waals surface area contributed by atoms with E-state index in [-0.39, 0.29) is 11.9 Å². The van der Waals surface area contributed by atoms with Gasteiger partial charge in [-0.1, -0.05) is 30.3 Å². The minimum absolute atomic E-state index is 0.0606. The molecule has 0 saturated carbocycles. The van der Waals surface area contributed by atoms with Gasteiger partial charge in [0.2, 0.25) is 0 Å². The molecule has 3 rings (SSSR count). The van der Waals surface area contributed by atoms with E-state index in [0.717, 1.165) is 49.7 Å². The van der Waals surface area contributed by atoms with Crippen LogP contribution in [0.5, 0.6) is 5.75 Å². The molecule has 1 fully saturated rings. The molecule has 1 aliphatic heterocycles. The molecule has 2 aromatic carbocycles. The molecule has 1 amide bonds. The molecule has 150 valence electrons. The lowest BCUT2D eigenvalue weighted by molar-refractivity contribution is 0.0954. The van der Waals surface area contributed by atoms with Crippen molar-refractivity contribution in [1.29, 1.82) is 0 Å². The van der Waals surface area contributed by atoms with Crippen LogP contribution in [0.1, 0.15) is 28.9 Å². The summed E-state index contributed by atoms with van der Waals surface area (Å²) in [5, 5.41) is 2.87. The molecule has 28 heavy (non-hydrogen) atoms. The summed E-state index contributed by atoms with van der Waals surface area (Å²) >= 11 is 0. The molecule has 3 N–H and O–H groups in total. The smallest absolute Gasteiger partial charge is 0.251 e. The summed E-state index contributed by atoms with van der Waals surface area (Å²) in [7, 11) is 1.71. The Balaban J connectivity index is 1.61. The molecule has 0 radical (unpaired) electrons. The summed E-state index contributed by atoms with van der Waals surface area (Å²) in [6.45, 7) is 6.95. The van der Waals surface area contributed by atoms with E-state index in [1.807, 2.05) is 49.4 Å². The highest BCUT2D eigenvalue weighted by Gasteiger charge is 2.23. The van der Waals surface area contributed by atoms with Crippen LogP contribution in [-0.2, 0) is 0 Å². The van der Waals surface area contributed by atoms with Crippen LogP contribution >= 0.6 is 0 Å². The SMILES string of the molecule is CCNC(=O)c1ccccc1C(N)CN1CCN(c2ccccc2OC)CC1. The highest BCUT2D eigenvalue weighted by atomic mass is 16.5. The monoisotopic (exact) mass is 382 g/mol. The van der Waals surface area contributed by atoms with Gasteiger partial charge in [0, 0.05) is 50.9 Å². The fourth-order valence-corrected chi connectivity index (χ4v) is 3.72. The zero-order valence-corrected chi connectivity index (χ0v) is 16.7. The van der Waals surface area contributed by atoms with E-state index in [0.29, 0.717) is 12.1 Å². The number of nitrogens with two attached hydrogens (primary N) is 1. The number of methoxy groups -OCH3 is 1. The highest BCUT2D eigenvalue weighted by molar-refractivity contribution is 5.95. The number of rotatable bonds is 7. The van der Waals surface area contributed by atoms with Gasteiger partial charge in [-0.2, -0.15) is 0 Å². The number of anilines is 1. The predicted molar refractivity (Wildman–Crippen MR) is 113 cm³/mol. The maximum absolute atomic E-state index is 12.3. The first-order chi connectivity index (χ1) is 13.6. The summed E-state index contributed by atoms with van der Waals surface area (Å²) in [5.74, 6) is 0.845. The lowest BCUT2D eigenvalue weighted by Gasteiger charge is -2.37. The van der Waals surface area contributed by atoms with E-state index in [4.69, 9.17) is 10.5 Å². The Labute approximate surface area is 167 Å². The molecule has 1 saturated heterocycles. The van der Waals surface area contributed by atoms with Crippen molar-refractivity contribution in [3.63, 3.8) is 0 Å². The zero-order chi connectivity index (χ0) is 19.9. The molecule has 1 aliphatic rings. The number of piperazine rings is 1. The molecule has 1 heterocycles. The molecule has 2 aromatic rings. The number of nitrogens with zero attached hydrogens (tertiary/aromatic N) is 2. The van der Waals surface area contributed by atoms with Gasteiger partial charge in [0.05, 0.1) is 12.8 Å². The molecule has 0 spiro atoms. The first-order valence-corrected chi connectivity index (χ1v) is 9.87. The van der Waals surface area contributed by atoms with Gasteiger partial charge in [0.1, 0.15) is 5.75 Å². The highest BCUT2D eigenvalue weighted by Crippen LogP contribution is 2.28. The van der Waals surface area contributed by atoms with Crippen molar-refractivity contribution < 1.29 is 9.53 Å². The largest absolute Gasteiger partial charge is 0.495 e. The Kier molecular flexibility index (Phi) is 6.90. The molecule has 0 aromatic heterocycles. The minimum atomic E-state index is -0.198. The van der Waals surface area contributed by atoms with Crippen molar-refractivity contribution in [2.75, 3.05) is 51.3 Å². The number of carbonyl (C=O) groups is 1. The summed E-state index contributed by atoms with van der Waals surface area (Å²) in [4.78, 5) is 17.0. The number of nitrogens with one attached hydrogen (secondary N) is 1. The van der Waals surface area contributed by atoms with Crippen molar-refractivity contribution in [3.05, 3.63) is 59.7 Å². The van der Waals surface area contributed by atoms with Gasteiger partial charge in [-0.05, 0) is 30.7 Å². The van der Waals surface area contributed by atoms with Gasteiger partial charge in [-0.25, -0.2) is 0 Å². The van der Waals surface area contributed by atoms with Crippen LogP contribution in [-0.4, -0.2) is 57.2 Å². The number of benzene rings is 2. The number of carbonyl (C=O) groups excluding carboxylic acids is 1. The average molecular weight is 383 g/mol. The van der Waals surface area contributed by atoms with Crippen molar-refractivity contribution >= 4 is 11.6 Å². The topological polar surface area (TPSA) is 70.8 Å². The normalized spacial score (nSPS) is 15.9. The minimum Gasteiger partial charge on any atom is -0.495 e. The number of hydrogen-bond donors (Lipinski definition) is 2. The molecule has 6 heteroatoms. The second-order valence-corrected chi connectivity index (χ2v) is 7.01. The van der Waals surface area contributed by atoms with Crippen LogP contribution in [0.2, 0.25) is 0 Å². The Morgan fingerprint density at radius 2 is 1.79 bits per heavy atom. The fraction of sp³-hybridized carbons (Fsp3) is 0.409. The van der Waals surface area contributed by atoms with E-state index in [9.17, 15) is 4.79 Å². The van der Waals surface area contributed by atoms with Crippen molar-refractivity contribution in [2.24, 2.45) is 5.73 Å². The standard InChI is InChI=1S/C22H30N4O2/c1-3-24-22(27)18-9-5-4-8-17(18)19(23)16-25-12-14-26(15-13-25)20-10-6-7-11-21(20)28-2/h4-11,19H,3,12-16,23H2,1-2H3,(H,24,27). The number of ether oxygens (including phenoxy) is 1. The Hall–Kier alpha value is -2.57. The van der Waals surface area contributed by atoms with Gasteiger partial charge in [0.15, 0.2) is 0 Å². The fourth-order valence-electron chi connectivity index (χ4n) is 3.72. The van der Waals surface area contributed by atoms with Crippen LogP contribution in [0.3, 0.4) is 0 Å². The molecule has 0 aliphatic carbocycles. The van der Waals surface area contributed by atoms with E-state index < -0.39 is 0 Å². The van der Waals surface area contributed by atoms with Gasteiger partial charge < -0.3 is 20.7 Å². The zero-order valence-electron chi connectivity index (χ0n) is 16.7. The van der Waals surface area contributed by atoms with Crippen LogP contribution in [0.25, 0.3) is 0 Å². The van der Waals surface area contributed by atoms with Gasteiger partial charge >= 0.3 is 0 Å². The Morgan fingerprint density at radius 1 is 1.11 bits per heavy atom. The van der Waals surface area contributed by atoms with E-state index in [1.54, 1.807) is 7.11 Å². The third-order valence-electron chi connectivity index (χ3n) is 5.20. The van der Waals surface area contributed by atoms with Crippen LogP contribution < -0.4 is 20.7 Å². The van der Waals surface area contributed by atoms with Crippen LogP contribution in [0.15, 0.2) is 48.5 Å². The third kappa shape index (κ3) is 4.64. The molecule has 1 atom stereocenters. The maximum atomic E-state index is 12.3. The van der Waals surface area contributed by atoms with Crippen molar-refractivity contribution in [2.45, 2.75) is 13.0 Å². The first kappa shape index (κ1) is 20.2. The Morgan fingerprint density at radius 3 is 2.50 bits per heavy atom. The third-order valence-corrected chi connectivity index (χ3v) is 5.20. The maximum Gasteiger partial charge on any atom is 0.251 e. The van der Waals surface area contributed by atoms with Crippen molar-refractivity contribution in [1.82, 2.24) is 10.2 Å². The van der Waals surface area contributed by atoms with E-state index in [1.165, 1.54) is 0 Å². The average Bonchev–Trinajstić information content (AvgIpc) is 2.74. The summed E-state index contributed by atoms with van der Waals surface area (Å²) in [5.41, 5.74) is 9.21. The van der Waals surface area contributed by atoms with Crippen molar-refractivity contribution in [3.8, 4) is 5.75 Å². The molecule has 6 nitrogen and oxygen atoms in total. The molecular formula is C22H30N4O2. The predicted octanol–water partition coefficient (Wildman–Crippen LogP) is 2.27. The quantitative estimate of drug-likeness (QED) is 0.769. The number of amides is 1. The second kappa shape index (κ2) is 9.57. The first-order valence-electron chi connectivity index (χ1n) is 9.87.